The number of rotatable bonds is 5. The maximum absolute atomic E-state index is 11.9. The van der Waals surface area contributed by atoms with Crippen molar-refractivity contribution in [2.75, 3.05) is 18.6 Å². The molecule has 5 nitrogen and oxygen atoms in total. The number of thioether (sulfide) groups is 1. The lowest BCUT2D eigenvalue weighted by Crippen LogP contribution is -2.49. The lowest BCUT2D eigenvalue weighted by Gasteiger charge is -2.25. The zero-order valence-corrected chi connectivity index (χ0v) is 11.1. The van der Waals surface area contributed by atoms with Crippen LogP contribution in [0.25, 0.3) is 0 Å². The van der Waals surface area contributed by atoms with E-state index in [9.17, 15) is 9.59 Å². The summed E-state index contributed by atoms with van der Waals surface area (Å²) in [6.07, 6.45) is 4.18. The smallest absolute Gasteiger partial charge is 0.326 e. The zero-order valence-electron chi connectivity index (χ0n) is 10.3. The van der Waals surface area contributed by atoms with Gasteiger partial charge in [-0.1, -0.05) is 6.92 Å². The first-order valence-corrected chi connectivity index (χ1v) is 7.28. The molecule has 6 heteroatoms. The lowest BCUT2D eigenvalue weighted by molar-refractivity contribution is -0.141. The van der Waals surface area contributed by atoms with Gasteiger partial charge in [0.1, 0.15) is 6.04 Å². The monoisotopic (exact) mass is 260 g/mol. The Balaban J connectivity index is 2.54. The molecule has 0 aromatic carbocycles. The first-order valence-electron chi connectivity index (χ1n) is 5.89. The molecule has 1 aliphatic heterocycles. The quantitative estimate of drug-likeness (QED) is 0.783. The summed E-state index contributed by atoms with van der Waals surface area (Å²) in [5, 5.41) is 11.9. The number of likely N-dealkylation sites (tertiary alicyclic amines) is 1. The molecule has 1 saturated heterocycles. The molecule has 1 aliphatic rings. The molecule has 98 valence electrons. The van der Waals surface area contributed by atoms with E-state index in [1.165, 1.54) is 4.90 Å². The van der Waals surface area contributed by atoms with E-state index in [4.69, 9.17) is 5.11 Å². The minimum atomic E-state index is -0.907. The van der Waals surface area contributed by atoms with Crippen molar-refractivity contribution in [1.29, 1.82) is 0 Å². The van der Waals surface area contributed by atoms with Gasteiger partial charge in [-0.25, -0.2) is 9.59 Å². The molecule has 0 radical (unpaired) electrons. The number of nitrogens with one attached hydrogen (secondary N) is 1. The third kappa shape index (κ3) is 3.80. The van der Waals surface area contributed by atoms with Crippen LogP contribution in [-0.4, -0.2) is 52.6 Å². The molecular formula is C11H20N2O3S. The Hall–Kier alpha value is -0.910. The van der Waals surface area contributed by atoms with Crippen LogP contribution in [0.5, 0.6) is 0 Å². The van der Waals surface area contributed by atoms with Crippen LogP contribution < -0.4 is 5.32 Å². The van der Waals surface area contributed by atoms with Gasteiger partial charge in [-0.05, 0) is 25.5 Å². The second kappa shape index (κ2) is 6.74. The number of hydrogen-bond donors (Lipinski definition) is 2. The fraction of sp³-hybridized carbons (Fsp3) is 0.818. The number of amides is 2. The first-order chi connectivity index (χ1) is 8.10. The third-order valence-corrected chi connectivity index (χ3v) is 3.72. The molecule has 0 aliphatic carbocycles. The summed E-state index contributed by atoms with van der Waals surface area (Å²) in [7, 11) is 0. The van der Waals surface area contributed by atoms with E-state index < -0.39 is 12.0 Å². The number of carbonyl (C=O) groups excluding carboxylic acids is 1. The predicted molar refractivity (Wildman–Crippen MR) is 68.4 cm³/mol. The minimum Gasteiger partial charge on any atom is -0.480 e. The van der Waals surface area contributed by atoms with Crippen molar-refractivity contribution in [3.8, 4) is 0 Å². The van der Waals surface area contributed by atoms with Crippen molar-refractivity contribution in [2.24, 2.45) is 0 Å². The molecule has 0 aromatic rings. The largest absolute Gasteiger partial charge is 0.480 e. The Morgan fingerprint density at radius 3 is 2.82 bits per heavy atom. The van der Waals surface area contributed by atoms with E-state index >= 15 is 0 Å². The predicted octanol–water partition coefficient (Wildman–Crippen LogP) is 1.39. The van der Waals surface area contributed by atoms with Crippen LogP contribution in [0.3, 0.4) is 0 Å². The molecule has 2 amide bonds. The van der Waals surface area contributed by atoms with Crippen LogP contribution in [0.1, 0.15) is 26.2 Å². The molecule has 1 heterocycles. The molecule has 1 fully saturated rings. The Kier molecular flexibility index (Phi) is 5.61. The fourth-order valence-corrected chi connectivity index (χ4v) is 2.71. The van der Waals surface area contributed by atoms with Crippen LogP contribution in [0.2, 0.25) is 0 Å². The second-order valence-electron chi connectivity index (χ2n) is 4.20. The molecule has 2 N–H and O–H groups in total. The van der Waals surface area contributed by atoms with Crippen molar-refractivity contribution in [3.63, 3.8) is 0 Å². The van der Waals surface area contributed by atoms with Gasteiger partial charge in [0.25, 0.3) is 0 Å². The van der Waals surface area contributed by atoms with Gasteiger partial charge in [-0.2, -0.15) is 11.8 Å². The number of nitrogens with zero attached hydrogens (tertiary/aromatic N) is 1. The van der Waals surface area contributed by atoms with Gasteiger partial charge < -0.3 is 15.3 Å². The molecule has 0 saturated carbocycles. The molecule has 2 atom stereocenters. The number of urea groups is 1. The summed E-state index contributed by atoms with van der Waals surface area (Å²) in [6, 6.07) is -0.773. The van der Waals surface area contributed by atoms with Gasteiger partial charge >= 0.3 is 12.0 Å². The summed E-state index contributed by atoms with van der Waals surface area (Å²) in [5.41, 5.74) is 0. The van der Waals surface area contributed by atoms with Gasteiger partial charge in [-0.15, -0.1) is 0 Å². The maximum Gasteiger partial charge on any atom is 0.326 e. The average Bonchev–Trinajstić information content (AvgIpc) is 2.77. The van der Waals surface area contributed by atoms with Crippen LogP contribution in [0.15, 0.2) is 0 Å². The Labute approximate surface area is 106 Å². The van der Waals surface area contributed by atoms with Gasteiger partial charge in [0.05, 0.1) is 0 Å². The van der Waals surface area contributed by atoms with E-state index in [1.54, 1.807) is 11.8 Å². The first kappa shape index (κ1) is 14.2. The Morgan fingerprint density at radius 2 is 2.29 bits per heavy atom. The van der Waals surface area contributed by atoms with E-state index in [0.717, 1.165) is 18.6 Å². The maximum atomic E-state index is 11.9. The Morgan fingerprint density at radius 1 is 1.59 bits per heavy atom. The van der Waals surface area contributed by atoms with Crippen molar-refractivity contribution in [3.05, 3.63) is 0 Å². The lowest BCUT2D eigenvalue weighted by atomic mass is 10.2. The molecule has 17 heavy (non-hydrogen) atoms. The van der Waals surface area contributed by atoms with E-state index in [-0.39, 0.29) is 12.1 Å². The Bertz CT molecular complexity index is 286. The van der Waals surface area contributed by atoms with Crippen molar-refractivity contribution >= 4 is 23.8 Å². The molecule has 0 aromatic heterocycles. The third-order valence-electron chi connectivity index (χ3n) is 2.99. The van der Waals surface area contributed by atoms with E-state index in [0.29, 0.717) is 13.0 Å². The van der Waals surface area contributed by atoms with Crippen molar-refractivity contribution in [2.45, 2.75) is 38.3 Å². The summed E-state index contributed by atoms with van der Waals surface area (Å²) < 4.78 is 0. The minimum absolute atomic E-state index is 0.118. The number of carboxylic acid groups (broad SMARTS) is 1. The summed E-state index contributed by atoms with van der Waals surface area (Å²) >= 11 is 1.68. The molecule has 0 spiro atoms. The van der Waals surface area contributed by atoms with Gasteiger partial charge in [-0.3, -0.25) is 0 Å². The van der Waals surface area contributed by atoms with Crippen LogP contribution >= 0.6 is 11.8 Å². The number of aliphatic carboxylic acids is 1. The molecular weight excluding hydrogens is 240 g/mol. The number of carbonyl (C=O) groups is 2. The van der Waals surface area contributed by atoms with E-state index in [2.05, 4.69) is 5.32 Å². The van der Waals surface area contributed by atoms with Gasteiger partial charge in [0.2, 0.25) is 0 Å². The topological polar surface area (TPSA) is 69.6 Å². The number of hydrogen-bond acceptors (Lipinski definition) is 3. The summed E-state index contributed by atoms with van der Waals surface area (Å²) in [4.78, 5) is 24.4. The van der Waals surface area contributed by atoms with Crippen LogP contribution in [0, 0.1) is 0 Å². The SMILES string of the molecule is CCC(CSC)NC(=O)N1CCC[C@H]1C(=O)O. The normalized spacial score (nSPS) is 21.3. The molecule has 0 bridgehead atoms. The standard InChI is InChI=1S/C11H20N2O3S/c1-3-8(7-17-2)12-11(16)13-6-4-5-9(13)10(14)15/h8-9H,3-7H2,1-2H3,(H,12,16)(H,14,15)/t8?,9-/m0/s1. The second-order valence-corrected chi connectivity index (χ2v) is 5.11. The fourth-order valence-electron chi connectivity index (χ4n) is 1.99. The molecule has 1 rings (SSSR count). The van der Waals surface area contributed by atoms with Crippen molar-refractivity contribution in [1.82, 2.24) is 10.2 Å². The number of carboxylic acids is 1. The van der Waals surface area contributed by atoms with Gasteiger partial charge in [0, 0.05) is 18.3 Å². The molecule has 1 unspecified atom stereocenters. The summed E-state index contributed by atoms with van der Waals surface area (Å²) in [5.74, 6) is -0.0519. The van der Waals surface area contributed by atoms with E-state index in [1.807, 2.05) is 13.2 Å². The highest BCUT2D eigenvalue weighted by atomic mass is 32.2. The highest BCUT2D eigenvalue weighted by molar-refractivity contribution is 7.98. The highest BCUT2D eigenvalue weighted by Gasteiger charge is 2.34. The van der Waals surface area contributed by atoms with Crippen LogP contribution in [-0.2, 0) is 4.79 Å². The highest BCUT2D eigenvalue weighted by Crippen LogP contribution is 2.17. The zero-order chi connectivity index (χ0) is 12.8. The van der Waals surface area contributed by atoms with Crippen molar-refractivity contribution < 1.29 is 14.7 Å². The average molecular weight is 260 g/mol. The summed E-state index contributed by atoms with van der Waals surface area (Å²) in [6.45, 7) is 2.55. The van der Waals surface area contributed by atoms with Crippen LogP contribution in [0.4, 0.5) is 4.79 Å². The van der Waals surface area contributed by atoms with Gasteiger partial charge in [0.15, 0.2) is 0 Å².